The number of nitrogens with zero attached hydrogens (tertiary/aromatic N) is 2. The largest absolute Gasteiger partial charge is 0.343 e. The first kappa shape index (κ1) is 18.6. The zero-order chi connectivity index (χ0) is 18.5. The van der Waals surface area contributed by atoms with E-state index in [1.54, 1.807) is 0 Å². The highest BCUT2D eigenvalue weighted by atomic mass is 16.2. The van der Waals surface area contributed by atoms with Gasteiger partial charge in [-0.3, -0.25) is 9.59 Å². The van der Waals surface area contributed by atoms with Gasteiger partial charge in [0.2, 0.25) is 5.91 Å². The number of ketones is 1. The van der Waals surface area contributed by atoms with Crippen molar-refractivity contribution in [3.05, 3.63) is 48.0 Å². The monoisotopic (exact) mass is 352 g/mol. The molecule has 0 aromatic heterocycles. The van der Waals surface area contributed by atoms with E-state index in [0.717, 1.165) is 48.7 Å². The minimum atomic E-state index is 0.0520. The van der Waals surface area contributed by atoms with Crippen molar-refractivity contribution in [1.82, 2.24) is 9.80 Å². The van der Waals surface area contributed by atoms with Crippen molar-refractivity contribution in [2.24, 2.45) is 0 Å². The molecular formula is C22H28N2O2. The molecule has 1 fully saturated rings. The highest BCUT2D eigenvalue weighted by molar-refractivity contribution is 6.08. The molecule has 0 saturated carbocycles. The van der Waals surface area contributed by atoms with Crippen LogP contribution >= 0.6 is 0 Å². The molecule has 0 bridgehead atoms. The van der Waals surface area contributed by atoms with E-state index in [2.05, 4.69) is 19.0 Å². The van der Waals surface area contributed by atoms with Crippen LogP contribution in [0.2, 0.25) is 0 Å². The fourth-order valence-electron chi connectivity index (χ4n) is 3.83. The van der Waals surface area contributed by atoms with Crippen LogP contribution in [0.3, 0.4) is 0 Å². The fraction of sp³-hybridized carbons (Fsp3) is 0.455. The van der Waals surface area contributed by atoms with Gasteiger partial charge in [-0.15, -0.1) is 0 Å². The first-order valence-electron chi connectivity index (χ1n) is 9.51. The van der Waals surface area contributed by atoms with Gasteiger partial charge in [-0.2, -0.15) is 0 Å². The van der Waals surface area contributed by atoms with Crippen LogP contribution in [0, 0.1) is 0 Å². The van der Waals surface area contributed by atoms with Gasteiger partial charge >= 0.3 is 0 Å². The van der Waals surface area contributed by atoms with Crippen molar-refractivity contribution >= 4 is 22.5 Å². The van der Waals surface area contributed by atoms with Crippen LogP contribution < -0.4 is 0 Å². The number of carbonyl (C=O) groups excluding carboxylic acids is 2. The Hall–Kier alpha value is -2.20. The quantitative estimate of drug-likeness (QED) is 0.770. The van der Waals surface area contributed by atoms with Gasteiger partial charge in [-0.05, 0) is 44.1 Å². The molecule has 0 aliphatic carbocycles. The summed E-state index contributed by atoms with van der Waals surface area (Å²) in [5.41, 5.74) is 0.722. The van der Waals surface area contributed by atoms with E-state index in [1.807, 2.05) is 47.4 Å². The summed E-state index contributed by atoms with van der Waals surface area (Å²) >= 11 is 0. The molecule has 4 nitrogen and oxygen atoms in total. The molecule has 26 heavy (non-hydrogen) atoms. The van der Waals surface area contributed by atoms with Crippen molar-refractivity contribution in [2.75, 3.05) is 27.2 Å². The van der Waals surface area contributed by atoms with Crippen LogP contribution in [-0.4, -0.2) is 54.7 Å². The average Bonchev–Trinajstić information content (AvgIpc) is 2.92. The van der Waals surface area contributed by atoms with Crippen LogP contribution in [-0.2, 0) is 4.79 Å². The van der Waals surface area contributed by atoms with Gasteiger partial charge < -0.3 is 9.80 Å². The van der Waals surface area contributed by atoms with E-state index >= 15 is 0 Å². The number of hydrogen-bond acceptors (Lipinski definition) is 3. The number of benzene rings is 2. The summed E-state index contributed by atoms with van der Waals surface area (Å²) in [6.07, 6.45) is 3.75. The summed E-state index contributed by atoms with van der Waals surface area (Å²) in [4.78, 5) is 29.5. The van der Waals surface area contributed by atoms with Gasteiger partial charge in [0.05, 0.1) is 0 Å². The second kappa shape index (κ2) is 8.45. The highest BCUT2D eigenvalue weighted by Crippen LogP contribution is 2.21. The Morgan fingerprint density at radius 2 is 1.77 bits per heavy atom. The number of Topliss-reactive ketones (excluding diaryl/α,β-unsaturated/α-hetero) is 1. The first-order valence-corrected chi connectivity index (χ1v) is 9.51. The molecule has 3 rings (SSSR count). The summed E-state index contributed by atoms with van der Waals surface area (Å²) in [6.45, 7) is 1.61. The lowest BCUT2D eigenvalue weighted by Crippen LogP contribution is -2.34. The molecule has 0 N–H and O–H groups in total. The van der Waals surface area contributed by atoms with Crippen LogP contribution in [0.4, 0.5) is 0 Å². The Kier molecular flexibility index (Phi) is 6.04. The van der Waals surface area contributed by atoms with Crippen molar-refractivity contribution in [2.45, 2.75) is 38.1 Å². The lowest BCUT2D eigenvalue weighted by Gasteiger charge is -2.23. The standard InChI is InChI=1S/C22H28N2O2/c1-23(2)18-9-6-15-24(16-14-18)22(26)13-12-21(25)20-11-5-8-17-7-3-4-10-19(17)20/h3-5,7-8,10-11,18H,6,9,12-16H2,1-2H3/t18-/m1/s1. The number of likely N-dealkylation sites (tertiary alicyclic amines) is 1. The molecule has 4 heteroatoms. The predicted molar refractivity (Wildman–Crippen MR) is 105 cm³/mol. The zero-order valence-corrected chi connectivity index (χ0v) is 15.8. The molecule has 0 spiro atoms. The van der Waals surface area contributed by atoms with E-state index in [9.17, 15) is 9.59 Å². The number of fused-ring (bicyclic) bond motifs is 1. The number of hydrogen-bond donors (Lipinski definition) is 0. The number of carbonyl (C=O) groups is 2. The van der Waals surface area contributed by atoms with Crippen molar-refractivity contribution in [3.8, 4) is 0 Å². The maximum Gasteiger partial charge on any atom is 0.223 e. The van der Waals surface area contributed by atoms with Crippen molar-refractivity contribution in [1.29, 1.82) is 0 Å². The number of amides is 1. The van der Waals surface area contributed by atoms with Crippen LogP contribution in [0.5, 0.6) is 0 Å². The second-order valence-electron chi connectivity index (χ2n) is 7.38. The highest BCUT2D eigenvalue weighted by Gasteiger charge is 2.22. The van der Waals surface area contributed by atoms with E-state index in [1.165, 1.54) is 0 Å². The number of rotatable bonds is 5. The molecule has 1 heterocycles. The van der Waals surface area contributed by atoms with Gasteiger partial charge in [-0.1, -0.05) is 42.5 Å². The van der Waals surface area contributed by atoms with Crippen LogP contribution in [0.1, 0.15) is 42.5 Å². The minimum Gasteiger partial charge on any atom is -0.343 e. The molecule has 2 aromatic rings. The predicted octanol–water partition coefficient (Wildman–Crippen LogP) is 3.75. The summed E-state index contributed by atoms with van der Waals surface area (Å²) in [6, 6.07) is 14.2. The van der Waals surface area contributed by atoms with Crippen molar-refractivity contribution in [3.63, 3.8) is 0 Å². The second-order valence-corrected chi connectivity index (χ2v) is 7.38. The van der Waals surface area contributed by atoms with Crippen molar-refractivity contribution < 1.29 is 9.59 Å². The smallest absolute Gasteiger partial charge is 0.223 e. The Balaban J connectivity index is 1.59. The summed E-state index contributed by atoms with van der Waals surface area (Å²) in [5.74, 6) is 0.161. The first-order chi connectivity index (χ1) is 12.6. The van der Waals surface area contributed by atoms with E-state index in [4.69, 9.17) is 0 Å². The molecule has 1 amide bonds. The minimum absolute atomic E-state index is 0.0520. The fourth-order valence-corrected chi connectivity index (χ4v) is 3.83. The van der Waals surface area contributed by atoms with Crippen LogP contribution in [0.25, 0.3) is 10.8 Å². The molecule has 1 atom stereocenters. The Morgan fingerprint density at radius 1 is 1.00 bits per heavy atom. The lowest BCUT2D eigenvalue weighted by molar-refractivity contribution is -0.131. The van der Waals surface area contributed by atoms with Gasteiger partial charge in [0, 0.05) is 37.5 Å². The summed E-state index contributed by atoms with van der Waals surface area (Å²) < 4.78 is 0. The Labute approximate surface area is 155 Å². The summed E-state index contributed by atoms with van der Waals surface area (Å²) in [7, 11) is 4.20. The van der Waals surface area contributed by atoms with Gasteiger partial charge in [0.25, 0.3) is 0 Å². The van der Waals surface area contributed by atoms with Crippen LogP contribution in [0.15, 0.2) is 42.5 Å². The Morgan fingerprint density at radius 3 is 2.58 bits per heavy atom. The molecule has 2 aromatic carbocycles. The molecule has 1 aliphatic heterocycles. The van der Waals surface area contributed by atoms with E-state index in [0.29, 0.717) is 12.5 Å². The third-order valence-electron chi connectivity index (χ3n) is 5.44. The Bertz CT molecular complexity index is 779. The average molecular weight is 352 g/mol. The zero-order valence-electron chi connectivity index (χ0n) is 15.8. The molecule has 138 valence electrons. The van der Waals surface area contributed by atoms with Gasteiger partial charge in [-0.25, -0.2) is 0 Å². The molecule has 1 aliphatic rings. The molecule has 1 saturated heterocycles. The third kappa shape index (κ3) is 4.31. The van der Waals surface area contributed by atoms with E-state index < -0.39 is 0 Å². The lowest BCUT2D eigenvalue weighted by atomic mass is 9.99. The maximum absolute atomic E-state index is 12.7. The van der Waals surface area contributed by atoms with Gasteiger partial charge in [0.15, 0.2) is 5.78 Å². The molecule has 0 unspecified atom stereocenters. The van der Waals surface area contributed by atoms with E-state index in [-0.39, 0.29) is 18.1 Å². The third-order valence-corrected chi connectivity index (χ3v) is 5.44. The SMILES string of the molecule is CN(C)[C@@H]1CCCN(C(=O)CCC(=O)c2cccc3ccccc23)CC1. The van der Waals surface area contributed by atoms with Gasteiger partial charge in [0.1, 0.15) is 0 Å². The normalized spacial score (nSPS) is 18.1. The summed E-state index contributed by atoms with van der Waals surface area (Å²) in [5, 5.41) is 2.03. The maximum atomic E-state index is 12.7. The molecule has 0 radical (unpaired) electrons. The topological polar surface area (TPSA) is 40.6 Å². The molecular weight excluding hydrogens is 324 g/mol.